The van der Waals surface area contributed by atoms with Gasteiger partial charge in [-0.2, -0.15) is 0 Å². The molecular formula is C15H16ClN5S. The minimum absolute atomic E-state index is 0.451. The molecule has 0 unspecified atom stereocenters. The van der Waals surface area contributed by atoms with Crippen LogP contribution in [-0.2, 0) is 5.54 Å². The van der Waals surface area contributed by atoms with Crippen molar-refractivity contribution in [3.8, 4) is 0 Å². The van der Waals surface area contributed by atoms with Crippen molar-refractivity contribution < 1.29 is 0 Å². The van der Waals surface area contributed by atoms with E-state index in [9.17, 15) is 0 Å². The Labute approximate surface area is 138 Å². The fourth-order valence-corrected chi connectivity index (χ4v) is 3.45. The molecule has 1 aliphatic rings. The molecule has 0 bridgehead atoms. The van der Waals surface area contributed by atoms with E-state index >= 15 is 0 Å². The van der Waals surface area contributed by atoms with Gasteiger partial charge in [-0.3, -0.25) is 4.98 Å². The highest BCUT2D eigenvalue weighted by Crippen LogP contribution is 2.34. The Morgan fingerprint density at radius 1 is 1.32 bits per heavy atom. The number of pyridine rings is 1. The van der Waals surface area contributed by atoms with Crippen molar-refractivity contribution in [2.75, 3.05) is 6.54 Å². The van der Waals surface area contributed by atoms with Crippen molar-refractivity contribution in [2.24, 2.45) is 10.7 Å². The maximum atomic E-state index is 6.32. The SMILES string of the molecule is CC(C)(c1ncccc1Cl)N1CC(c2nccs2)=CN=C1N. The summed E-state index contributed by atoms with van der Waals surface area (Å²) in [5.41, 5.74) is 7.43. The molecule has 0 atom stereocenters. The molecule has 114 valence electrons. The molecule has 2 aromatic heterocycles. The zero-order chi connectivity index (χ0) is 15.7. The minimum atomic E-state index is -0.483. The third-order valence-corrected chi connectivity index (χ3v) is 4.83. The minimum Gasteiger partial charge on any atom is -0.369 e. The largest absolute Gasteiger partial charge is 0.369 e. The summed E-state index contributed by atoms with van der Waals surface area (Å²) in [6, 6.07) is 3.65. The van der Waals surface area contributed by atoms with E-state index in [2.05, 4.69) is 15.0 Å². The Morgan fingerprint density at radius 2 is 2.14 bits per heavy atom. The van der Waals surface area contributed by atoms with Crippen LogP contribution < -0.4 is 5.73 Å². The second kappa shape index (κ2) is 5.70. The van der Waals surface area contributed by atoms with Crippen molar-refractivity contribution >= 4 is 34.5 Å². The standard InChI is InChI=1S/C15H16ClN5S/c1-15(2,12-11(16)4-3-5-18-12)21-9-10(8-20-14(21)17)13-19-6-7-22-13/h3-8H,9H2,1-2H3,(H2,17,20). The lowest BCUT2D eigenvalue weighted by Crippen LogP contribution is -2.51. The molecule has 5 nitrogen and oxygen atoms in total. The first-order valence-electron chi connectivity index (χ1n) is 6.81. The summed E-state index contributed by atoms with van der Waals surface area (Å²) in [4.78, 5) is 15.1. The Kier molecular flexibility index (Phi) is 3.88. The van der Waals surface area contributed by atoms with Gasteiger partial charge in [0.25, 0.3) is 0 Å². The van der Waals surface area contributed by atoms with Crippen LogP contribution in [0.3, 0.4) is 0 Å². The zero-order valence-electron chi connectivity index (χ0n) is 12.3. The zero-order valence-corrected chi connectivity index (χ0v) is 13.9. The summed E-state index contributed by atoms with van der Waals surface area (Å²) in [5, 5.41) is 3.51. The van der Waals surface area contributed by atoms with Crippen LogP contribution in [0.4, 0.5) is 0 Å². The number of hydrogen-bond acceptors (Lipinski definition) is 6. The van der Waals surface area contributed by atoms with Crippen LogP contribution in [0.5, 0.6) is 0 Å². The number of nitrogens with two attached hydrogens (primary N) is 1. The van der Waals surface area contributed by atoms with Gasteiger partial charge in [-0.1, -0.05) is 11.6 Å². The van der Waals surface area contributed by atoms with E-state index in [1.54, 1.807) is 29.9 Å². The van der Waals surface area contributed by atoms with E-state index < -0.39 is 5.54 Å². The van der Waals surface area contributed by atoms with Gasteiger partial charge in [0.05, 0.1) is 22.8 Å². The Bertz CT molecular complexity index is 736. The smallest absolute Gasteiger partial charge is 0.196 e. The second-order valence-electron chi connectivity index (χ2n) is 5.46. The predicted octanol–water partition coefficient (Wildman–Crippen LogP) is 3.10. The second-order valence-corrected chi connectivity index (χ2v) is 6.76. The highest BCUT2D eigenvalue weighted by Gasteiger charge is 2.35. The molecule has 3 rings (SSSR count). The summed E-state index contributed by atoms with van der Waals surface area (Å²) in [6.07, 6.45) is 5.30. The molecule has 0 saturated heterocycles. The monoisotopic (exact) mass is 333 g/mol. The molecule has 0 radical (unpaired) electrons. The van der Waals surface area contributed by atoms with Gasteiger partial charge >= 0.3 is 0 Å². The number of guanidine groups is 1. The molecule has 7 heteroatoms. The van der Waals surface area contributed by atoms with Crippen LogP contribution in [0.1, 0.15) is 24.5 Å². The van der Waals surface area contributed by atoms with Crippen molar-refractivity contribution in [2.45, 2.75) is 19.4 Å². The lowest BCUT2D eigenvalue weighted by molar-refractivity contribution is 0.228. The van der Waals surface area contributed by atoms with Crippen molar-refractivity contribution in [3.05, 3.63) is 51.8 Å². The molecule has 0 amide bonds. The summed E-state index contributed by atoms with van der Waals surface area (Å²) in [6.45, 7) is 4.69. The van der Waals surface area contributed by atoms with Gasteiger partial charge in [-0.15, -0.1) is 11.3 Å². The number of aromatic nitrogens is 2. The van der Waals surface area contributed by atoms with Crippen LogP contribution in [0.25, 0.3) is 5.57 Å². The van der Waals surface area contributed by atoms with Gasteiger partial charge in [0, 0.05) is 29.5 Å². The number of thiazole rings is 1. The van der Waals surface area contributed by atoms with Crippen molar-refractivity contribution in [3.63, 3.8) is 0 Å². The van der Waals surface area contributed by atoms with Gasteiger partial charge in [0.1, 0.15) is 5.01 Å². The molecular weight excluding hydrogens is 318 g/mol. The third-order valence-electron chi connectivity index (χ3n) is 3.68. The summed E-state index contributed by atoms with van der Waals surface area (Å²) < 4.78 is 0. The lowest BCUT2D eigenvalue weighted by Gasteiger charge is -2.40. The molecule has 0 aliphatic carbocycles. The fraction of sp³-hybridized carbons (Fsp3) is 0.267. The van der Waals surface area contributed by atoms with E-state index in [0.29, 0.717) is 17.5 Å². The number of nitrogens with zero attached hydrogens (tertiary/aromatic N) is 4. The highest BCUT2D eigenvalue weighted by molar-refractivity contribution is 7.10. The molecule has 3 heterocycles. The Balaban J connectivity index is 1.96. The summed E-state index contributed by atoms with van der Waals surface area (Å²) in [7, 11) is 0. The van der Waals surface area contributed by atoms with E-state index in [4.69, 9.17) is 17.3 Å². The van der Waals surface area contributed by atoms with Crippen molar-refractivity contribution in [1.29, 1.82) is 0 Å². The normalized spacial score (nSPS) is 15.5. The predicted molar refractivity (Wildman–Crippen MR) is 90.7 cm³/mol. The first-order valence-corrected chi connectivity index (χ1v) is 8.06. The highest BCUT2D eigenvalue weighted by atomic mass is 35.5. The molecule has 0 fully saturated rings. The molecule has 1 aliphatic heterocycles. The van der Waals surface area contributed by atoms with Crippen LogP contribution in [0.15, 0.2) is 41.1 Å². The van der Waals surface area contributed by atoms with Crippen LogP contribution in [0.2, 0.25) is 5.02 Å². The van der Waals surface area contributed by atoms with Crippen molar-refractivity contribution in [1.82, 2.24) is 14.9 Å². The number of aliphatic imine (C=N–C) groups is 1. The first-order chi connectivity index (χ1) is 10.5. The fourth-order valence-electron chi connectivity index (χ4n) is 2.46. The van der Waals surface area contributed by atoms with E-state index in [0.717, 1.165) is 16.3 Å². The summed E-state index contributed by atoms with van der Waals surface area (Å²) >= 11 is 7.90. The average Bonchev–Trinajstić information content (AvgIpc) is 3.02. The number of halogens is 1. The lowest BCUT2D eigenvalue weighted by atomic mass is 9.96. The topological polar surface area (TPSA) is 67.4 Å². The van der Waals surface area contributed by atoms with Gasteiger partial charge < -0.3 is 10.6 Å². The van der Waals surface area contributed by atoms with Gasteiger partial charge in [0.2, 0.25) is 0 Å². The number of hydrogen-bond donors (Lipinski definition) is 1. The quantitative estimate of drug-likeness (QED) is 0.937. The van der Waals surface area contributed by atoms with Crippen LogP contribution in [-0.4, -0.2) is 27.4 Å². The maximum Gasteiger partial charge on any atom is 0.196 e. The van der Waals surface area contributed by atoms with E-state index in [1.807, 2.05) is 36.3 Å². The van der Waals surface area contributed by atoms with Gasteiger partial charge in [0.15, 0.2) is 5.96 Å². The molecule has 0 aromatic carbocycles. The van der Waals surface area contributed by atoms with Crippen LogP contribution in [0, 0.1) is 0 Å². The number of rotatable bonds is 3. The average molecular weight is 334 g/mol. The van der Waals surface area contributed by atoms with Gasteiger partial charge in [-0.25, -0.2) is 9.98 Å². The molecule has 2 aromatic rings. The van der Waals surface area contributed by atoms with E-state index in [1.165, 1.54) is 0 Å². The Morgan fingerprint density at radius 3 is 2.82 bits per heavy atom. The summed E-state index contributed by atoms with van der Waals surface area (Å²) in [5.74, 6) is 0.451. The molecule has 2 N–H and O–H groups in total. The van der Waals surface area contributed by atoms with E-state index in [-0.39, 0.29) is 0 Å². The molecule has 0 spiro atoms. The Hall–Kier alpha value is -1.92. The maximum absolute atomic E-state index is 6.32. The third kappa shape index (κ3) is 2.60. The van der Waals surface area contributed by atoms with Gasteiger partial charge in [-0.05, 0) is 26.0 Å². The van der Waals surface area contributed by atoms with Crippen LogP contribution >= 0.6 is 22.9 Å². The first kappa shape index (κ1) is 15.0. The molecule has 22 heavy (non-hydrogen) atoms. The molecule has 0 saturated carbocycles.